The van der Waals surface area contributed by atoms with E-state index in [-0.39, 0.29) is 12.5 Å². The Morgan fingerprint density at radius 3 is 2.59 bits per heavy atom. The van der Waals surface area contributed by atoms with Crippen LogP contribution < -0.4 is 15.4 Å². The molecule has 0 bridgehead atoms. The summed E-state index contributed by atoms with van der Waals surface area (Å²) >= 11 is 0. The van der Waals surface area contributed by atoms with Crippen LogP contribution in [-0.4, -0.2) is 41.9 Å². The van der Waals surface area contributed by atoms with Crippen LogP contribution in [-0.2, 0) is 16.0 Å². The molecular formula is C22H25N3O4. The van der Waals surface area contributed by atoms with Gasteiger partial charge in [0.1, 0.15) is 18.3 Å². The molecule has 1 heterocycles. The van der Waals surface area contributed by atoms with Gasteiger partial charge < -0.3 is 15.4 Å². The summed E-state index contributed by atoms with van der Waals surface area (Å²) in [6.07, 6.45) is 2.00. The van der Waals surface area contributed by atoms with Gasteiger partial charge in [0.25, 0.3) is 5.91 Å². The number of hydrogen-bond donors (Lipinski definition) is 2. The largest absolute Gasteiger partial charge is 0.491 e. The number of aryl methyl sites for hydroxylation is 1. The lowest BCUT2D eigenvalue weighted by molar-refractivity contribution is -0.130. The van der Waals surface area contributed by atoms with Gasteiger partial charge in [-0.05, 0) is 37.0 Å². The third-order valence-electron chi connectivity index (χ3n) is 4.60. The van der Waals surface area contributed by atoms with Crippen LogP contribution in [0.3, 0.4) is 0 Å². The summed E-state index contributed by atoms with van der Waals surface area (Å²) in [5.74, 6) is -0.276. The maximum absolute atomic E-state index is 12.6. The highest BCUT2D eigenvalue weighted by molar-refractivity contribution is 6.08. The molecule has 0 unspecified atom stereocenters. The summed E-state index contributed by atoms with van der Waals surface area (Å²) in [5.41, 5.74) is 1.60. The molecule has 29 heavy (non-hydrogen) atoms. The number of carbonyl (C=O) groups is 3. The Hall–Kier alpha value is -3.35. The molecule has 152 valence electrons. The topological polar surface area (TPSA) is 87.7 Å². The van der Waals surface area contributed by atoms with Crippen molar-refractivity contribution < 1.29 is 19.1 Å². The van der Waals surface area contributed by atoms with E-state index in [2.05, 4.69) is 10.6 Å². The zero-order chi connectivity index (χ0) is 20.6. The summed E-state index contributed by atoms with van der Waals surface area (Å²) in [4.78, 5) is 38.2. The van der Waals surface area contributed by atoms with Crippen LogP contribution in [0.2, 0.25) is 0 Å². The second kappa shape index (κ2) is 9.73. The van der Waals surface area contributed by atoms with Crippen molar-refractivity contribution in [1.29, 1.82) is 0 Å². The fourth-order valence-corrected chi connectivity index (χ4v) is 3.12. The second-order valence-corrected chi connectivity index (χ2v) is 6.84. The number of para-hydroxylation sites is 2. The standard InChI is InChI=1S/C22H25N3O4/c1-2-14-29-19-11-7-6-10-17(19)23-20(26)15-25-21(27)18(24-22(25)28)13-12-16-8-4-3-5-9-16/h3-11,18H,2,12-15H2,1H3,(H,23,26)(H,24,28)/t18-/m1/s1. The fourth-order valence-electron chi connectivity index (χ4n) is 3.12. The predicted octanol–water partition coefficient (Wildman–Crippen LogP) is 2.97. The third-order valence-corrected chi connectivity index (χ3v) is 4.60. The van der Waals surface area contributed by atoms with E-state index in [0.717, 1.165) is 16.9 Å². The number of amides is 4. The summed E-state index contributed by atoms with van der Waals surface area (Å²) < 4.78 is 5.62. The van der Waals surface area contributed by atoms with E-state index in [1.54, 1.807) is 18.2 Å². The summed E-state index contributed by atoms with van der Waals surface area (Å²) in [6.45, 7) is 2.19. The first kappa shape index (κ1) is 20.4. The molecule has 1 saturated heterocycles. The van der Waals surface area contributed by atoms with Gasteiger partial charge in [-0.2, -0.15) is 0 Å². The molecule has 0 spiro atoms. The average Bonchev–Trinajstić information content (AvgIpc) is 3.00. The molecule has 2 N–H and O–H groups in total. The number of hydrogen-bond acceptors (Lipinski definition) is 4. The van der Waals surface area contributed by atoms with E-state index >= 15 is 0 Å². The molecule has 1 fully saturated rings. The van der Waals surface area contributed by atoms with Crippen LogP contribution in [0.5, 0.6) is 5.75 Å². The molecule has 0 radical (unpaired) electrons. The maximum Gasteiger partial charge on any atom is 0.325 e. The van der Waals surface area contributed by atoms with E-state index in [9.17, 15) is 14.4 Å². The molecule has 2 aromatic rings. The minimum absolute atomic E-state index is 0.339. The summed E-state index contributed by atoms with van der Waals surface area (Å²) in [5, 5.41) is 5.39. The fraction of sp³-hybridized carbons (Fsp3) is 0.318. The van der Waals surface area contributed by atoms with Gasteiger partial charge in [0.2, 0.25) is 5.91 Å². The van der Waals surface area contributed by atoms with Crippen molar-refractivity contribution >= 4 is 23.5 Å². The molecule has 0 saturated carbocycles. The average molecular weight is 395 g/mol. The van der Waals surface area contributed by atoms with Gasteiger partial charge in [-0.15, -0.1) is 0 Å². The highest BCUT2D eigenvalue weighted by atomic mass is 16.5. The van der Waals surface area contributed by atoms with Crippen LogP contribution in [0.4, 0.5) is 10.5 Å². The highest BCUT2D eigenvalue weighted by Crippen LogP contribution is 2.24. The second-order valence-electron chi connectivity index (χ2n) is 6.84. The van der Waals surface area contributed by atoms with Gasteiger partial charge in [-0.25, -0.2) is 4.79 Å². The van der Waals surface area contributed by atoms with Gasteiger partial charge in [-0.3, -0.25) is 14.5 Å². The SMILES string of the molecule is CCCOc1ccccc1NC(=O)CN1C(=O)N[C@H](CCc2ccccc2)C1=O. The van der Waals surface area contributed by atoms with Gasteiger partial charge in [0, 0.05) is 0 Å². The molecule has 7 nitrogen and oxygen atoms in total. The van der Waals surface area contributed by atoms with E-state index in [0.29, 0.717) is 30.9 Å². The van der Waals surface area contributed by atoms with Crippen molar-refractivity contribution in [2.75, 3.05) is 18.5 Å². The van der Waals surface area contributed by atoms with Crippen molar-refractivity contribution in [3.8, 4) is 5.75 Å². The molecule has 3 rings (SSSR count). The van der Waals surface area contributed by atoms with Crippen molar-refractivity contribution in [1.82, 2.24) is 10.2 Å². The van der Waals surface area contributed by atoms with Gasteiger partial charge >= 0.3 is 6.03 Å². The number of imide groups is 1. The lowest BCUT2D eigenvalue weighted by atomic mass is 10.1. The van der Waals surface area contributed by atoms with Crippen molar-refractivity contribution in [2.45, 2.75) is 32.2 Å². The number of carbonyl (C=O) groups excluding carboxylic acids is 3. The Balaban J connectivity index is 1.56. The predicted molar refractivity (Wildman–Crippen MR) is 110 cm³/mol. The first-order chi connectivity index (χ1) is 14.1. The van der Waals surface area contributed by atoms with Crippen molar-refractivity contribution in [3.05, 3.63) is 60.2 Å². The quantitative estimate of drug-likeness (QED) is 0.639. The molecule has 0 aliphatic carbocycles. The molecule has 0 aromatic heterocycles. The molecule has 1 atom stereocenters. The number of nitrogens with zero attached hydrogens (tertiary/aromatic N) is 1. The van der Waals surface area contributed by atoms with Crippen LogP contribution in [0, 0.1) is 0 Å². The van der Waals surface area contributed by atoms with Crippen LogP contribution in [0.25, 0.3) is 0 Å². The minimum Gasteiger partial charge on any atom is -0.491 e. The Labute approximate surface area is 170 Å². The van der Waals surface area contributed by atoms with E-state index in [1.807, 2.05) is 43.3 Å². The number of rotatable bonds is 9. The van der Waals surface area contributed by atoms with Gasteiger partial charge in [0.05, 0.1) is 12.3 Å². The van der Waals surface area contributed by atoms with Crippen LogP contribution in [0.1, 0.15) is 25.3 Å². The number of nitrogens with one attached hydrogen (secondary N) is 2. The molecule has 2 aromatic carbocycles. The number of urea groups is 1. The lowest BCUT2D eigenvalue weighted by Crippen LogP contribution is -2.38. The van der Waals surface area contributed by atoms with Crippen LogP contribution in [0.15, 0.2) is 54.6 Å². The third kappa shape index (κ3) is 5.34. The van der Waals surface area contributed by atoms with Gasteiger partial charge in [0.15, 0.2) is 0 Å². The minimum atomic E-state index is -0.615. The molecule has 7 heteroatoms. The first-order valence-electron chi connectivity index (χ1n) is 9.76. The van der Waals surface area contributed by atoms with Crippen molar-refractivity contribution in [3.63, 3.8) is 0 Å². The monoisotopic (exact) mass is 395 g/mol. The van der Waals surface area contributed by atoms with Crippen molar-refractivity contribution in [2.24, 2.45) is 0 Å². The summed E-state index contributed by atoms with van der Waals surface area (Å²) in [6, 6.07) is 15.7. The molecule has 1 aliphatic heterocycles. The van der Waals surface area contributed by atoms with Crippen LogP contribution >= 0.6 is 0 Å². The molecular weight excluding hydrogens is 370 g/mol. The Kier molecular flexibility index (Phi) is 6.84. The number of anilines is 1. The Bertz CT molecular complexity index is 869. The number of benzene rings is 2. The van der Waals surface area contributed by atoms with E-state index in [4.69, 9.17) is 4.74 Å². The lowest BCUT2D eigenvalue weighted by Gasteiger charge is -2.15. The van der Waals surface area contributed by atoms with E-state index < -0.39 is 18.0 Å². The highest BCUT2D eigenvalue weighted by Gasteiger charge is 2.38. The molecule has 4 amide bonds. The molecule has 1 aliphatic rings. The zero-order valence-corrected chi connectivity index (χ0v) is 16.4. The zero-order valence-electron chi connectivity index (χ0n) is 16.4. The Morgan fingerprint density at radius 1 is 1.10 bits per heavy atom. The first-order valence-corrected chi connectivity index (χ1v) is 9.76. The number of ether oxygens (including phenoxy) is 1. The summed E-state index contributed by atoms with van der Waals surface area (Å²) in [7, 11) is 0. The Morgan fingerprint density at radius 2 is 1.83 bits per heavy atom. The maximum atomic E-state index is 12.6. The normalized spacial score (nSPS) is 15.9. The van der Waals surface area contributed by atoms with Gasteiger partial charge in [-0.1, -0.05) is 49.4 Å². The smallest absolute Gasteiger partial charge is 0.325 e. The van der Waals surface area contributed by atoms with E-state index in [1.165, 1.54) is 0 Å².